The van der Waals surface area contributed by atoms with Crippen molar-refractivity contribution in [1.82, 2.24) is 5.32 Å². The Bertz CT molecular complexity index is 330. The number of hydrogen-bond acceptors (Lipinski definition) is 2. The van der Waals surface area contributed by atoms with Gasteiger partial charge in [-0.1, -0.05) is 15.9 Å². The Morgan fingerprint density at radius 2 is 2.21 bits per heavy atom. The zero-order valence-electron chi connectivity index (χ0n) is 8.14. The Morgan fingerprint density at radius 3 is 2.79 bits per heavy atom. The molecule has 78 valence electrons. The maximum absolute atomic E-state index is 13.4. The molecule has 2 nitrogen and oxygen atoms in total. The number of aliphatic hydroxyl groups excluding tert-OH is 1. The molecule has 14 heavy (non-hydrogen) atoms. The highest BCUT2D eigenvalue weighted by Gasteiger charge is 2.13. The number of likely N-dealkylation sites (N-methyl/N-ethyl adjacent to an activating group) is 1. The van der Waals surface area contributed by atoms with Gasteiger partial charge in [0.15, 0.2) is 0 Å². The summed E-state index contributed by atoms with van der Waals surface area (Å²) in [6.07, 6.45) is -0.808. The standard InChI is InChI=1S/C10H13BrFNO/c1-6-3-9(12)7(4-8(6)11)10(14)5-13-2/h3-4,10,13-14H,5H2,1-2H3. The zero-order chi connectivity index (χ0) is 10.7. The molecule has 1 aromatic carbocycles. The van der Waals surface area contributed by atoms with Crippen LogP contribution in [0.1, 0.15) is 17.2 Å². The van der Waals surface area contributed by atoms with E-state index in [9.17, 15) is 9.50 Å². The molecule has 0 aromatic heterocycles. The minimum absolute atomic E-state index is 0.317. The van der Waals surface area contributed by atoms with Crippen molar-refractivity contribution < 1.29 is 9.50 Å². The monoisotopic (exact) mass is 261 g/mol. The first-order chi connectivity index (χ1) is 6.56. The van der Waals surface area contributed by atoms with E-state index >= 15 is 0 Å². The summed E-state index contributed by atoms with van der Waals surface area (Å²) in [6.45, 7) is 2.15. The maximum atomic E-state index is 13.4. The van der Waals surface area contributed by atoms with Crippen molar-refractivity contribution in [2.75, 3.05) is 13.6 Å². The molecule has 0 aliphatic rings. The first-order valence-electron chi connectivity index (χ1n) is 4.34. The molecule has 0 amide bonds. The highest BCUT2D eigenvalue weighted by Crippen LogP contribution is 2.24. The lowest BCUT2D eigenvalue weighted by molar-refractivity contribution is 0.173. The lowest BCUT2D eigenvalue weighted by atomic mass is 10.1. The number of aryl methyl sites for hydroxylation is 1. The van der Waals surface area contributed by atoms with E-state index < -0.39 is 6.10 Å². The fourth-order valence-corrected chi connectivity index (χ4v) is 1.58. The molecular weight excluding hydrogens is 249 g/mol. The fraction of sp³-hybridized carbons (Fsp3) is 0.400. The number of halogens is 2. The van der Waals surface area contributed by atoms with Gasteiger partial charge in [0.1, 0.15) is 5.82 Å². The quantitative estimate of drug-likeness (QED) is 0.874. The Labute approximate surface area is 91.3 Å². The van der Waals surface area contributed by atoms with E-state index in [1.165, 1.54) is 6.07 Å². The Morgan fingerprint density at radius 1 is 1.57 bits per heavy atom. The molecule has 1 atom stereocenters. The third-order valence-electron chi connectivity index (χ3n) is 2.03. The van der Waals surface area contributed by atoms with Crippen LogP contribution in [0, 0.1) is 12.7 Å². The third-order valence-corrected chi connectivity index (χ3v) is 2.89. The van der Waals surface area contributed by atoms with Crippen LogP contribution in [0.2, 0.25) is 0 Å². The van der Waals surface area contributed by atoms with Crippen LogP contribution in [-0.4, -0.2) is 18.7 Å². The van der Waals surface area contributed by atoms with E-state index in [4.69, 9.17) is 0 Å². The summed E-state index contributed by atoms with van der Waals surface area (Å²) in [4.78, 5) is 0. The molecule has 0 saturated carbocycles. The topological polar surface area (TPSA) is 32.3 Å². The lowest BCUT2D eigenvalue weighted by Crippen LogP contribution is -2.17. The first kappa shape index (κ1) is 11.6. The van der Waals surface area contributed by atoms with E-state index in [-0.39, 0.29) is 5.82 Å². The number of hydrogen-bond donors (Lipinski definition) is 2. The van der Waals surface area contributed by atoms with Gasteiger partial charge in [0.25, 0.3) is 0 Å². The van der Waals surface area contributed by atoms with Crippen LogP contribution in [0.15, 0.2) is 16.6 Å². The Balaban J connectivity index is 3.02. The number of rotatable bonds is 3. The summed E-state index contributed by atoms with van der Waals surface area (Å²) >= 11 is 3.30. The highest BCUT2D eigenvalue weighted by atomic mass is 79.9. The summed E-state index contributed by atoms with van der Waals surface area (Å²) in [7, 11) is 1.71. The summed E-state index contributed by atoms with van der Waals surface area (Å²) in [5, 5.41) is 12.4. The largest absolute Gasteiger partial charge is 0.387 e. The maximum Gasteiger partial charge on any atom is 0.129 e. The van der Waals surface area contributed by atoms with Crippen molar-refractivity contribution in [3.05, 3.63) is 33.5 Å². The van der Waals surface area contributed by atoms with Crippen LogP contribution in [0.25, 0.3) is 0 Å². The molecule has 0 radical (unpaired) electrons. The number of nitrogens with one attached hydrogen (secondary N) is 1. The van der Waals surface area contributed by atoms with Crippen LogP contribution < -0.4 is 5.32 Å². The first-order valence-corrected chi connectivity index (χ1v) is 5.13. The SMILES string of the molecule is CNCC(O)c1cc(Br)c(C)cc1F. The second-order valence-electron chi connectivity index (χ2n) is 3.20. The van der Waals surface area contributed by atoms with Gasteiger partial charge < -0.3 is 10.4 Å². The van der Waals surface area contributed by atoms with Crippen molar-refractivity contribution in [2.45, 2.75) is 13.0 Å². The van der Waals surface area contributed by atoms with Crippen LogP contribution in [0.5, 0.6) is 0 Å². The minimum Gasteiger partial charge on any atom is -0.387 e. The molecule has 0 bridgehead atoms. The van der Waals surface area contributed by atoms with Crippen molar-refractivity contribution in [3.8, 4) is 0 Å². The second kappa shape index (κ2) is 4.87. The van der Waals surface area contributed by atoms with Gasteiger partial charge in [0, 0.05) is 16.6 Å². The van der Waals surface area contributed by atoms with E-state index in [1.807, 2.05) is 0 Å². The molecule has 0 heterocycles. The fourth-order valence-electron chi connectivity index (χ4n) is 1.22. The molecule has 1 aromatic rings. The van der Waals surface area contributed by atoms with Gasteiger partial charge in [-0.05, 0) is 31.7 Å². The molecule has 0 fully saturated rings. The molecule has 4 heteroatoms. The zero-order valence-corrected chi connectivity index (χ0v) is 9.73. The van der Waals surface area contributed by atoms with E-state index in [2.05, 4.69) is 21.2 Å². The van der Waals surface area contributed by atoms with Gasteiger partial charge in [-0.2, -0.15) is 0 Å². The molecule has 0 saturated heterocycles. The van der Waals surface area contributed by atoms with Gasteiger partial charge in [-0.25, -0.2) is 4.39 Å². The summed E-state index contributed by atoms with van der Waals surface area (Å²) in [5.74, 6) is -0.367. The molecule has 0 spiro atoms. The van der Waals surface area contributed by atoms with Crippen molar-refractivity contribution in [2.24, 2.45) is 0 Å². The average molecular weight is 262 g/mol. The van der Waals surface area contributed by atoms with E-state index in [0.29, 0.717) is 12.1 Å². The molecular formula is C10H13BrFNO. The summed E-state index contributed by atoms with van der Waals surface area (Å²) in [6, 6.07) is 3.03. The minimum atomic E-state index is -0.808. The normalized spacial score (nSPS) is 12.9. The number of aliphatic hydroxyl groups is 1. The smallest absolute Gasteiger partial charge is 0.129 e. The van der Waals surface area contributed by atoms with Crippen molar-refractivity contribution >= 4 is 15.9 Å². The lowest BCUT2D eigenvalue weighted by Gasteiger charge is -2.12. The van der Waals surface area contributed by atoms with Gasteiger partial charge in [-0.3, -0.25) is 0 Å². The molecule has 2 N–H and O–H groups in total. The van der Waals surface area contributed by atoms with E-state index in [1.54, 1.807) is 20.0 Å². The van der Waals surface area contributed by atoms with Gasteiger partial charge in [-0.15, -0.1) is 0 Å². The predicted molar refractivity (Wildman–Crippen MR) is 57.7 cm³/mol. The Hall–Kier alpha value is -0.450. The van der Waals surface area contributed by atoms with Crippen LogP contribution in [-0.2, 0) is 0 Å². The second-order valence-corrected chi connectivity index (χ2v) is 4.05. The Kier molecular flexibility index (Phi) is 4.04. The predicted octanol–water partition coefficient (Wildman–Crippen LogP) is 2.15. The number of benzene rings is 1. The van der Waals surface area contributed by atoms with Gasteiger partial charge in [0.2, 0.25) is 0 Å². The van der Waals surface area contributed by atoms with Crippen molar-refractivity contribution in [3.63, 3.8) is 0 Å². The molecule has 1 rings (SSSR count). The van der Waals surface area contributed by atoms with Crippen LogP contribution in [0.3, 0.4) is 0 Å². The molecule has 1 unspecified atom stereocenters. The average Bonchev–Trinajstić information content (AvgIpc) is 2.11. The molecule has 0 aliphatic carbocycles. The van der Waals surface area contributed by atoms with Crippen LogP contribution in [0.4, 0.5) is 4.39 Å². The molecule has 0 aliphatic heterocycles. The van der Waals surface area contributed by atoms with Gasteiger partial charge >= 0.3 is 0 Å². The van der Waals surface area contributed by atoms with E-state index in [0.717, 1.165) is 10.0 Å². The summed E-state index contributed by atoms with van der Waals surface area (Å²) < 4.78 is 14.2. The van der Waals surface area contributed by atoms with Crippen molar-refractivity contribution in [1.29, 1.82) is 0 Å². The van der Waals surface area contributed by atoms with Crippen LogP contribution >= 0.6 is 15.9 Å². The highest BCUT2D eigenvalue weighted by molar-refractivity contribution is 9.10. The third kappa shape index (κ3) is 2.53. The van der Waals surface area contributed by atoms with Gasteiger partial charge in [0.05, 0.1) is 6.10 Å². The summed E-state index contributed by atoms with van der Waals surface area (Å²) in [5.41, 5.74) is 1.14.